The molecule has 1 aliphatic heterocycles. The molecule has 1 aromatic heterocycles. The van der Waals surface area contributed by atoms with Crippen LogP contribution < -0.4 is 10.2 Å². The molecule has 3 atom stereocenters. The molecule has 2 amide bonds. The summed E-state index contributed by atoms with van der Waals surface area (Å²) in [5, 5.41) is 23.0. The van der Waals surface area contributed by atoms with Gasteiger partial charge in [0, 0.05) is 48.9 Å². The third-order valence-corrected chi connectivity index (χ3v) is 8.07. The number of rotatable bonds is 6. The number of nitrogens with one attached hydrogen (secondary N) is 1. The van der Waals surface area contributed by atoms with Gasteiger partial charge in [-0.3, -0.25) is 24.4 Å². The minimum Gasteiger partial charge on any atom is -0.391 e. The van der Waals surface area contributed by atoms with E-state index in [9.17, 15) is 28.7 Å². The number of aromatic nitrogens is 1. The molecule has 1 aliphatic carbocycles. The van der Waals surface area contributed by atoms with E-state index in [1.807, 2.05) is 18.3 Å². The van der Waals surface area contributed by atoms with Crippen molar-refractivity contribution in [1.29, 1.82) is 5.26 Å². The number of nitriles is 1. The summed E-state index contributed by atoms with van der Waals surface area (Å²) in [7, 11) is 0. The first-order valence-electron chi connectivity index (χ1n) is 13.6. The maximum atomic E-state index is 14.4. The molecule has 1 saturated heterocycles. The number of halogens is 2. The fraction of sp³-hybridized carbons (Fsp3) is 0.533. The predicted octanol–water partition coefficient (Wildman–Crippen LogP) is 4.24. The molecule has 1 aromatic carbocycles. The van der Waals surface area contributed by atoms with Crippen molar-refractivity contribution in [2.24, 2.45) is 0 Å². The van der Waals surface area contributed by atoms with Crippen molar-refractivity contribution in [1.82, 2.24) is 15.2 Å². The lowest BCUT2D eigenvalue weighted by molar-refractivity contribution is -0.133. The molecule has 0 bridgehead atoms. The number of aliphatic hydroxyl groups excluding tert-OH is 1. The zero-order valence-corrected chi connectivity index (χ0v) is 23.4. The summed E-state index contributed by atoms with van der Waals surface area (Å²) in [6.07, 6.45) is 3.80. The van der Waals surface area contributed by atoms with Gasteiger partial charge in [0.2, 0.25) is 5.92 Å². The van der Waals surface area contributed by atoms with Gasteiger partial charge < -0.3 is 10.4 Å². The lowest BCUT2D eigenvalue weighted by Gasteiger charge is -2.43. The van der Waals surface area contributed by atoms with Crippen LogP contribution in [0.4, 0.5) is 14.5 Å². The van der Waals surface area contributed by atoms with E-state index in [0.29, 0.717) is 11.3 Å². The summed E-state index contributed by atoms with van der Waals surface area (Å²) in [5.41, 5.74) is 0.0590. The van der Waals surface area contributed by atoms with E-state index >= 15 is 0 Å². The molecule has 0 spiro atoms. The standard InChI is InChI=1S/C30H37F2N5O3/c1-28(2,3)20-7-9-23(10-8-20)37(26(39)25-16-24(38)18-36(25)19-33)29(4,21-6-5-15-34-17-21)27(40)35-22-11-13-30(31,32)14-12-22/h5-10,15,17,22,24-25,38H,11-14,16,18H2,1-4H3,(H,35,40). The second kappa shape index (κ2) is 11.1. The van der Waals surface area contributed by atoms with Gasteiger partial charge in [0.15, 0.2) is 11.7 Å². The van der Waals surface area contributed by atoms with Crippen molar-refractivity contribution >= 4 is 17.5 Å². The summed E-state index contributed by atoms with van der Waals surface area (Å²) in [6, 6.07) is 9.21. The number of hydrogen-bond donors (Lipinski definition) is 2. The Balaban J connectivity index is 1.82. The van der Waals surface area contributed by atoms with Gasteiger partial charge in [-0.15, -0.1) is 0 Å². The largest absolute Gasteiger partial charge is 0.391 e. The summed E-state index contributed by atoms with van der Waals surface area (Å²) in [5.74, 6) is -3.82. The van der Waals surface area contributed by atoms with E-state index in [4.69, 9.17) is 0 Å². The molecule has 10 heteroatoms. The number of benzene rings is 1. The quantitative estimate of drug-likeness (QED) is 0.518. The normalized spacial score (nSPS) is 22.7. The van der Waals surface area contributed by atoms with Crippen LogP contribution in [0.2, 0.25) is 0 Å². The third kappa shape index (κ3) is 5.94. The fourth-order valence-electron chi connectivity index (χ4n) is 5.55. The number of carbonyl (C=O) groups is 2. The fourth-order valence-corrected chi connectivity index (χ4v) is 5.55. The number of carbonyl (C=O) groups excluding carboxylic acids is 2. The van der Waals surface area contributed by atoms with Crippen LogP contribution in [0.5, 0.6) is 0 Å². The van der Waals surface area contributed by atoms with Crippen LogP contribution in [-0.4, -0.2) is 57.5 Å². The highest BCUT2D eigenvalue weighted by Crippen LogP contribution is 2.38. The maximum absolute atomic E-state index is 14.4. The molecule has 2 N–H and O–H groups in total. The first-order chi connectivity index (χ1) is 18.8. The molecular formula is C30H37F2N5O3. The van der Waals surface area contributed by atoms with E-state index in [-0.39, 0.29) is 44.1 Å². The Labute approximate surface area is 234 Å². The van der Waals surface area contributed by atoms with Crippen LogP contribution in [0.1, 0.15) is 70.9 Å². The smallest absolute Gasteiger partial charge is 0.251 e. The molecule has 8 nitrogen and oxygen atoms in total. The van der Waals surface area contributed by atoms with Gasteiger partial charge in [-0.2, -0.15) is 5.26 Å². The number of aliphatic hydroxyl groups is 1. The molecule has 4 rings (SSSR count). The lowest BCUT2D eigenvalue weighted by Crippen LogP contribution is -2.61. The number of alkyl halides is 2. The van der Waals surface area contributed by atoms with Gasteiger partial charge >= 0.3 is 0 Å². The molecule has 214 valence electrons. The molecule has 40 heavy (non-hydrogen) atoms. The van der Waals surface area contributed by atoms with Crippen LogP contribution in [0, 0.1) is 11.5 Å². The zero-order valence-electron chi connectivity index (χ0n) is 23.4. The minimum absolute atomic E-state index is 0.00972. The second-order valence-corrected chi connectivity index (χ2v) is 12.0. The van der Waals surface area contributed by atoms with Crippen molar-refractivity contribution in [3.63, 3.8) is 0 Å². The van der Waals surface area contributed by atoms with Crippen LogP contribution in [0.3, 0.4) is 0 Å². The van der Waals surface area contributed by atoms with Crippen molar-refractivity contribution in [2.45, 2.75) is 94.9 Å². The summed E-state index contributed by atoms with van der Waals surface area (Å²) in [6.45, 7) is 7.81. The SMILES string of the molecule is CC(C)(C)c1ccc(N(C(=O)C2CC(O)CN2C#N)C(C)(C(=O)NC2CCC(F)(F)CC2)c2cccnc2)cc1. The number of anilines is 1. The highest BCUT2D eigenvalue weighted by Gasteiger charge is 2.50. The van der Waals surface area contributed by atoms with Gasteiger partial charge in [-0.25, -0.2) is 8.78 Å². The molecule has 1 saturated carbocycles. The van der Waals surface area contributed by atoms with Crippen LogP contribution in [0.15, 0.2) is 48.8 Å². The van der Waals surface area contributed by atoms with Crippen LogP contribution in [-0.2, 0) is 20.5 Å². The Kier molecular flexibility index (Phi) is 8.18. The van der Waals surface area contributed by atoms with Crippen molar-refractivity contribution in [3.05, 3.63) is 59.9 Å². The Morgan fingerprint density at radius 3 is 2.33 bits per heavy atom. The Bertz CT molecular complexity index is 1250. The van der Waals surface area contributed by atoms with Gasteiger partial charge in [0.25, 0.3) is 11.8 Å². The van der Waals surface area contributed by atoms with Crippen LogP contribution in [0.25, 0.3) is 0 Å². The van der Waals surface area contributed by atoms with E-state index < -0.39 is 41.5 Å². The first-order valence-corrected chi connectivity index (χ1v) is 13.6. The molecule has 2 aliphatic rings. The average molecular weight is 554 g/mol. The van der Waals surface area contributed by atoms with Gasteiger partial charge in [0.05, 0.1) is 12.6 Å². The highest BCUT2D eigenvalue weighted by atomic mass is 19.3. The Morgan fingerprint density at radius 2 is 1.77 bits per heavy atom. The zero-order chi connectivity index (χ0) is 29.3. The monoisotopic (exact) mass is 553 g/mol. The van der Waals surface area contributed by atoms with E-state index in [0.717, 1.165) is 5.56 Å². The number of pyridine rings is 1. The minimum atomic E-state index is -2.76. The summed E-state index contributed by atoms with van der Waals surface area (Å²) >= 11 is 0. The summed E-state index contributed by atoms with van der Waals surface area (Å²) in [4.78, 5) is 35.4. The maximum Gasteiger partial charge on any atom is 0.251 e. The molecule has 3 unspecified atom stereocenters. The van der Waals surface area contributed by atoms with E-state index in [1.165, 1.54) is 16.0 Å². The Morgan fingerprint density at radius 1 is 1.12 bits per heavy atom. The van der Waals surface area contributed by atoms with Crippen molar-refractivity contribution in [2.75, 3.05) is 11.4 Å². The first kappa shape index (κ1) is 29.4. The van der Waals surface area contributed by atoms with Gasteiger partial charge in [-0.05, 0) is 48.9 Å². The summed E-state index contributed by atoms with van der Waals surface area (Å²) < 4.78 is 27.7. The number of β-amino-alcohol motifs (C(OH)–C–C–N with tert-alkyl or cyclic N) is 1. The molecular weight excluding hydrogens is 516 g/mol. The molecule has 2 fully saturated rings. The second-order valence-electron chi connectivity index (χ2n) is 12.0. The number of amides is 2. The number of likely N-dealkylation sites (tertiary alicyclic amines) is 1. The highest BCUT2D eigenvalue weighted by molar-refractivity contribution is 6.06. The predicted molar refractivity (Wildman–Crippen MR) is 146 cm³/mol. The topological polar surface area (TPSA) is 110 Å². The van der Waals surface area contributed by atoms with Crippen molar-refractivity contribution < 1.29 is 23.5 Å². The molecule has 2 heterocycles. The van der Waals surface area contributed by atoms with E-state index in [2.05, 4.69) is 31.1 Å². The van der Waals surface area contributed by atoms with Gasteiger partial charge in [0.1, 0.15) is 6.04 Å². The Hall–Kier alpha value is -3.58. The van der Waals surface area contributed by atoms with Crippen molar-refractivity contribution in [3.8, 4) is 6.19 Å². The van der Waals surface area contributed by atoms with E-state index in [1.54, 1.807) is 37.4 Å². The number of hydrogen-bond acceptors (Lipinski definition) is 6. The number of nitrogens with zero attached hydrogens (tertiary/aromatic N) is 4. The van der Waals surface area contributed by atoms with Crippen LogP contribution >= 0.6 is 0 Å². The molecule has 2 aromatic rings. The average Bonchev–Trinajstić information content (AvgIpc) is 3.30. The third-order valence-electron chi connectivity index (χ3n) is 8.07. The lowest BCUT2D eigenvalue weighted by atomic mass is 9.85. The molecule has 0 radical (unpaired) electrons. The van der Waals surface area contributed by atoms with Gasteiger partial charge in [-0.1, -0.05) is 39.0 Å².